The van der Waals surface area contributed by atoms with Gasteiger partial charge in [-0.3, -0.25) is 4.99 Å². The molecule has 3 rings (SSSR count). The average Bonchev–Trinajstić information content (AvgIpc) is 2.75. The van der Waals surface area contributed by atoms with Crippen molar-refractivity contribution in [2.45, 2.75) is 26.2 Å². The number of likely N-dealkylation sites (tertiary alicyclic amines) is 1. The Morgan fingerprint density at radius 2 is 1.72 bits per heavy atom. The molecule has 0 spiro atoms. The predicted molar refractivity (Wildman–Crippen MR) is 133 cm³/mol. The van der Waals surface area contributed by atoms with Gasteiger partial charge in [0.05, 0.1) is 7.11 Å². The molecule has 2 aliphatic rings. The van der Waals surface area contributed by atoms with Crippen LogP contribution in [0.1, 0.15) is 26.2 Å². The summed E-state index contributed by atoms with van der Waals surface area (Å²) in [6.45, 7) is 10.5. The van der Waals surface area contributed by atoms with Gasteiger partial charge in [-0.2, -0.15) is 0 Å². The first-order chi connectivity index (χ1) is 13.7. The second-order valence-corrected chi connectivity index (χ2v) is 7.94. The fraction of sp³-hybridized carbons (Fsp3) is 0.682. The molecule has 1 aromatic carbocycles. The van der Waals surface area contributed by atoms with Crippen LogP contribution in [0.3, 0.4) is 0 Å². The number of piperazine rings is 1. The molecule has 1 N–H and O–H groups in total. The molecule has 0 aromatic heterocycles. The van der Waals surface area contributed by atoms with Gasteiger partial charge in [0.2, 0.25) is 0 Å². The van der Waals surface area contributed by atoms with Crippen molar-refractivity contribution >= 4 is 35.6 Å². The van der Waals surface area contributed by atoms with Gasteiger partial charge in [-0.25, -0.2) is 0 Å². The van der Waals surface area contributed by atoms with E-state index >= 15 is 0 Å². The number of nitrogens with zero attached hydrogens (tertiary/aromatic N) is 4. The summed E-state index contributed by atoms with van der Waals surface area (Å²) < 4.78 is 5.27. The number of hydrogen-bond donors (Lipinski definition) is 1. The van der Waals surface area contributed by atoms with E-state index < -0.39 is 0 Å². The van der Waals surface area contributed by atoms with Crippen molar-refractivity contribution in [2.75, 3.05) is 71.4 Å². The second kappa shape index (κ2) is 12.5. The fourth-order valence-corrected chi connectivity index (χ4v) is 4.10. The number of piperidine rings is 1. The number of guanidine groups is 1. The Kier molecular flexibility index (Phi) is 10.3. The highest BCUT2D eigenvalue weighted by molar-refractivity contribution is 14.0. The van der Waals surface area contributed by atoms with E-state index in [1.54, 1.807) is 7.11 Å². The lowest BCUT2D eigenvalue weighted by atomic mass is 9.94. The summed E-state index contributed by atoms with van der Waals surface area (Å²) in [6, 6.07) is 8.37. The first-order valence-corrected chi connectivity index (χ1v) is 10.8. The molecule has 0 amide bonds. The molecule has 2 heterocycles. The normalized spacial score (nSPS) is 19.1. The number of hydrogen-bond acceptors (Lipinski definition) is 4. The average molecular weight is 515 g/mol. The summed E-state index contributed by atoms with van der Waals surface area (Å²) in [5.41, 5.74) is 1.27. The van der Waals surface area contributed by atoms with Crippen LogP contribution in [0, 0.1) is 5.92 Å². The van der Waals surface area contributed by atoms with E-state index in [0.717, 1.165) is 56.9 Å². The zero-order chi connectivity index (χ0) is 19.8. The van der Waals surface area contributed by atoms with E-state index in [1.807, 2.05) is 12.1 Å². The molecule has 29 heavy (non-hydrogen) atoms. The van der Waals surface area contributed by atoms with Gasteiger partial charge in [-0.1, -0.05) is 0 Å². The largest absolute Gasteiger partial charge is 0.497 e. The molecule has 0 unspecified atom stereocenters. The van der Waals surface area contributed by atoms with E-state index in [1.165, 1.54) is 38.0 Å². The minimum Gasteiger partial charge on any atom is -0.497 e. The van der Waals surface area contributed by atoms with Gasteiger partial charge in [0.25, 0.3) is 0 Å². The van der Waals surface area contributed by atoms with Gasteiger partial charge in [0.1, 0.15) is 5.75 Å². The third-order valence-corrected chi connectivity index (χ3v) is 5.99. The molecule has 7 heteroatoms. The van der Waals surface area contributed by atoms with Gasteiger partial charge >= 0.3 is 0 Å². The minimum absolute atomic E-state index is 0. The highest BCUT2D eigenvalue weighted by Gasteiger charge is 2.20. The lowest BCUT2D eigenvalue weighted by Gasteiger charge is -2.37. The molecule has 0 saturated carbocycles. The fourth-order valence-electron chi connectivity index (χ4n) is 4.10. The number of halogens is 1. The van der Waals surface area contributed by atoms with E-state index in [-0.39, 0.29) is 24.0 Å². The molecule has 0 bridgehead atoms. The maximum Gasteiger partial charge on any atom is 0.194 e. The molecule has 2 fully saturated rings. The highest BCUT2D eigenvalue weighted by Crippen LogP contribution is 2.21. The summed E-state index contributed by atoms with van der Waals surface area (Å²) in [4.78, 5) is 12.2. The van der Waals surface area contributed by atoms with Crippen LogP contribution in [0.5, 0.6) is 5.75 Å². The van der Waals surface area contributed by atoms with Crippen molar-refractivity contribution in [1.29, 1.82) is 0 Å². The van der Waals surface area contributed by atoms with Gasteiger partial charge in [-0.05, 0) is 76.5 Å². The quantitative estimate of drug-likeness (QED) is 0.359. The van der Waals surface area contributed by atoms with Crippen LogP contribution in [0.25, 0.3) is 0 Å². The predicted octanol–water partition coefficient (Wildman–Crippen LogP) is 3.13. The van der Waals surface area contributed by atoms with Gasteiger partial charge < -0.3 is 24.8 Å². The summed E-state index contributed by atoms with van der Waals surface area (Å²) in [6.07, 6.45) is 3.86. The van der Waals surface area contributed by atoms with Crippen LogP contribution in [0.15, 0.2) is 29.3 Å². The van der Waals surface area contributed by atoms with Crippen molar-refractivity contribution in [1.82, 2.24) is 15.1 Å². The van der Waals surface area contributed by atoms with Crippen LogP contribution in [0.4, 0.5) is 5.69 Å². The molecule has 6 nitrogen and oxygen atoms in total. The molecule has 2 saturated heterocycles. The Morgan fingerprint density at radius 3 is 2.31 bits per heavy atom. The zero-order valence-corrected chi connectivity index (χ0v) is 20.6. The number of rotatable bonds is 6. The molecule has 0 atom stereocenters. The Labute approximate surface area is 193 Å². The lowest BCUT2D eigenvalue weighted by molar-refractivity contribution is 0.214. The van der Waals surface area contributed by atoms with E-state index in [0.29, 0.717) is 0 Å². The first-order valence-electron chi connectivity index (χ1n) is 10.8. The summed E-state index contributed by atoms with van der Waals surface area (Å²) in [5, 5.41) is 3.50. The Morgan fingerprint density at radius 1 is 1.07 bits per heavy atom. The number of aliphatic imine (C=N–C) groups is 1. The van der Waals surface area contributed by atoms with Gasteiger partial charge in [0.15, 0.2) is 5.96 Å². The first kappa shape index (κ1) is 24.1. The summed E-state index contributed by atoms with van der Waals surface area (Å²) >= 11 is 0. The zero-order valence-electron chi connectivity index (χ0n) is 18.3. The third kappa shape index (κ3) is 7.20. The molecule has 1 aromatic rings. The maximum atomic E-state index is 5.27. The Bertz CT molecular complexity index is 608. The van der Waals surface area contributed by atoms with Crippen molar-refractivity contribution in [2.24, 2.45) is 10.9 Å². The summed E-state index contributed by atoms with van der Waals surface area (Å²) in [5.74, 6) is 2.84. The lowest BCUT2D eigenvalue weighted by Crippen LogP contribution is -2.52. The second-order valence-electron chi connectivity index (χ2n) is 7.94. The number of ether oxygens (including phenoxy) is 1. The number of methoxy groups -OCH3 is 1. The highest BCUT2D eigenvalue weighted by atomic mass is 127. The maximum absolute atomic E-state index is 5.27. The van der Waals surface area contributed by atoms with Crippen LogP contribution in [-0.4, -0.2) is 82.3 Å². The Hall–Kier alpha value is -1.22. The van der Waals surface area contributed by atoms with Crippen LogP contribution < -0.4 is 15.0 Å². The molecular formula is C22H38IN5O. The number of nitrogens with one attached hydrogen (secondary N) is 1. The third-order valence-electron chi connectivity index (χ3n) is 5.99. The minimum atomic E-state index is 0. The molecule has 0 radical (unpaired) electrons. The van der Waals surface area contributed by atoms with Crippen molar-refractivity contribution in [3.63, 3.8) is 0 Å². The number of anilines is 1. The summed E-state index contributed by atoms with van der Waals surface area (Å²) in [7, 11) is 3.94. The SMILES string of the molecule is CCNC(=NCCC1CCN(C)CC1)N1CCN(c2ccc(OC)cc2)CC1.I. The monoisotopic (exact) mass is 515 g/mol. The molecular weight excluding hydrogens is 477 g/mol. The standard InChI is InChI=1S/C22H37N5O.HI/c1-4-23-22(24-12-9-19-10-13-25(2)14-11-19)27-17-15-26(16-18-27)20-5-7-21(28-3)8-6-20;/h5-8,19H,4,9-18H2,1-3H3,(H,23,24);1H. The molecule has 164 valence electrons. The van der Waals surface area contributed by atoms with Crippen molar-refractivity contribution in [3.05, 3.63) is 24.3 Å². The van der Waals surface area contributed by atoms with Gasteiger partial charge in [0, 0.05) is 45.0 Å². The molecule has 2 aliphatic heterocycles. The van der Waals surface area contributed by atoms with Crippen LogP contribution in [-0.2, 0) is 0 Å². The number of benzene rings is 1. The van der Waals surface area contributed by atoms with Crippen molar-refractivity contribution < 1.29 is 4.74 Å². The van der Waals surface area contributed by atoms with Crippen LogP contribution in [0.2, 0.25) is 0 Å². The smallest absolute Gasteiger partial charge is 0.194 e. The van der Waals surface area contributed by atoms with Crippen LogP contribution >= 0.6 is 24.0 Å². The topological polar surface area (TPSA) is 43.3 Å². The Balaban J connectivity index is 0.00000300. The van der Waals surface area contributed by atoms with Gasteiger partial charge in [-0.15, -0.1) is 24.0 Å². The molecule has 0 aliphatic carbocycles. The van der Waals surface area contributed by atoms with Crippen molar-refractivity contribution in [3.8, 4) is 5.75 Å². The van der Waals surface area contributed by atoms with E-state index in [2.05, 4.69) is 46.1 Å². The van der Waals surface area contributed by atoms with E-state index in [4.69, 9.17) is 9.73 Å². The van der Waals surface area contributed by atoms with E-state index in [9.17, 15) is 0 Å².